The van der Waals surface area contributed by atoms with E-state index in [4.69, 9.17) is 4.74 Å². The number of likely N-dealkylation sites (tertiary alicyclic amines) is 1. The first-order valence-corrected chi connectivity index (χ1v) is 10.0. The molecule has 1 N–H and O–H groups in total. The van der Waals surface area contributed by atoms with Gasteiger partial charge in [-0.3, -0.25) is 9.88 Å². The number of rotatable bonds is 6. The number of aliphatic hydroxyl groups is 1. The van der Waals surface area contributed by atoms with Gasteiger partial charge in [-0.1, -0.05) is 36.4 Å². The first-order valence-electron chi connectivity index (χ1n) is 10.0. The Morgan fingerprint density at radius 1 is 1.14 bits per heavy atom. The lowest BCUT2D eigenvalue weighted by atomic mass is 9.75. The van der Waals surface area contributed by atoms with Gasteiger partial charge >= 0.3 is 0 Å². The van der Waals surface area contributed by atoms with Crippen molar-refractivity contribution in [1.29, 1.82) is 0 Å². The summed E-state index contributed by atoms with van der Waals surface area (Å²) in [6.45, 7) is 3.02. The quantitative estimate of drug-likeness (QED) is 0.705. The van der Waals surface area contributed by atoms with Gasteiger partial charge in [-0.05, 0) is 55.1 Å². The topological polar surface area (TPSA) is 45.6 Å². The second-order valence-electron chi connectivity index (χ2n) is 7.99. The van der Waals surface area contributed by atoms with E-state index in [1.807, 2.05) is 24.4 Å². The standard InChI is InChI=1S/C24H28N2O2/c1-28-22-10-2-6-19(14-22)15-24(18-27)11-5-13-26(17-24)16-21-8-3-7-20-9-4-12-25-23(20)21/h2-4,6-10,12,14,27H,5,11,13,15-18H2,1H3. The van der Waals surface area contributed by atoms with Crippen molar-refractivity contribution < 1.29 is 9.84 Å². The number of aliphatic hydroxyl groups excluding tert-OH is 1. The Morgan fingerprint density at radius 2 is 2.00 bits per heavy atom. The molecule has 28 heavy (non-hydrogen) atoms. The molecule has 1 aromatic heterocycles. The summed E-state index contributed by atoms with van der Waals surface area (Å²) < 4.78 is 5.37. The maximum absolute atomic E-state index is 10.3. The van der Waals surface area contributed by atoms with Crippen LogP contribution in [0, 0.1) is 5.41 Å². The van der Waals surface area contributed by atoms with Crippen LogP contribution in [0.4, 0.5) is 0 Å². The van der Waals surface area contributed by atoms with Crippen LogP contribution in [-0.4, -0.2) is 41.8 Å². The van der Waals surface area contributed by atoms with Crippen molar-refractivity contribution in [3.63, 3.8) is 0 Å². The van der Waals surface area contributed by atoms with Gasteiger partial charge in [0.15, 0.2) is 0 Å². The van der Waals surface area contributed by atoms with Gasteiger partial charge in [-0.25, -0.2) is 0 Å². The smallest absolute Gasteiger partial charge is 0.119 e. The summed E-state index contributed by atoms with van der Waals surface area (Å²) in [6, 6.07) is 18.7. The summed E-state index contributed by atoms with van der Waals surface area (Å²) in [7, 11) is 1.70. The minimum absolute atomic E-state index is 0.109. The zero-order valence-corrected chi connectivity index (χ0v) is 16.5. The molecule has 1 aliphatic rings. The Bertz CT molecular complexity index is 937. The van der Waals surface area contributed by atoms with Crippen molar-refractivity contribution in [3.05, 3.63) is 71.9 Å². The summed E-state index contributed by atoms with van der Waals surface area (Å²) in [4.78, 5) is 7.08. The number of benzene rings is 2. The van der Waals surface area contributed by atoms with Crippen LogP contribution in [0.1, 0.15) is 24.0 Å². The average Bonchev–Trinajstić information content (AvgIpc) is 2.74. The largest absolute Gasteiger partial charge is 0.497 e. The molecular formula is C24H28N2O2. The molecule has 1 atom stereocenters. The number of pyridine rings is 1. The van der Waals surface area contributed by atoms with Crippen molar-refractivity contribution in [2.75, 3.05) is 26.8 Å². The Balaban J connectivity index is 1.53. The van der Waals surface area contributed by atoms with Gasteiger partial charge in [-0.15, -0.1) is 0 Å². The molecule has 0 amide bonds. The zero-order chi connectivity index (χ0) is 19.4. The molecule has 1 saturated heterocycles. The highest BCUT2D eigenvalue weighted by molar-refractivity contribution is 5.81. The number of para-hydroxylation sites is 1. The van der Waals surface area contributed by atoms with Crippen molar-refractivity contribution in [2.24, 2.45) is 5.41 Å². The second-order valence-corrected chi connectivity index (χ2v) is 7.99. The molecule has 4 nitrogen and oxygen atoms in total. The molecule has 2 aromatic carbocycles. The number of fused-ring (bicyclic) bond motifs is 1. The van der Waals surface area contributed by atoms with Crippen LogP contribution in [0.3, 0.4) is 0 Å². The molecule has 4 rings (SSSR count). The van der Waals surface area contributed by atoms with Crippen LogP contribution >= 0.6 is 0 Å². The number of hydrogen-bond donors (Lipinski definition) is 1. The van der Waals surface area contributed by atoms with E-state index >= 15 is 0 Å². The number of ether oxygens (including phenoxy) is 1. The van der Waals surface area contributed by atoms with Gasteiger partial charge in [0.25, 0.3) is 0 Å². The van der Waals surface area contributed by atoms with Crippen molar-refractivity contribution >= 4 is 10.9 Å². The molecule has 3 aromatic rings. The van der Waals surface area contributed by atoms with E-state index in [0.29, 0.717) is 0 Å². The molecule has 1 unspecified atom stereocenters. The van der Waals surface area contributed by atoms with Crippen LogP contribution in [0.25, 0.3) is 10.9 Å². The number of methoxy groups -OCH3 is 1. The number of hydrogen-bond acceptors (Lipinski definition) is 4. The van der Waals surface area contributed by atoms with E-state index in [1.54, 1.807) is 7.11 Å². The molecule has 0 radical (unpaired) electrons. The van der Waals surface area contributed by atoms with Gasteiger partial charge in [0, 0.05) is 30.1 Å². The highest BCUT2D eigenvalue weighted by Crippen LogP contribution is 2.35. The SMILES string of the molecule is COc1cccc(CC2(CO)CCCN(Cc3cccc4cccnc34)C2)c1. The van der Waals surface area contributed by atoms with Gasteiger partial charge in [0.05, 0.1) is 19.2 Å². The van der Waals surface area contributed by atoms with E-state index in [-0.39, 0.29) is 12.0 Å². The Kier molecular flexibility index (Phi) is 5.60. The summed E-state index contributed by atoms with van der Waals surface area (Å²) in [5.41, 5.74) is 3.45. The molecule has 0 aliphatic carbocycles. The van der Waals surface area contributed by atoms with Crippen LogP contribution in [0.15, 0.2) is 60.8 Å². The summed E-state index contributed by atoms with van der Waals surface area (Å²) >= 11 is 0. The molecule has 4 heteroatoms. The van der Waals surface area contributed by atoms with Gasteiger partial charge in [-0.2, -0.15) is 0 Å². The monoisotopic (exact) mass is 376 g/mol. The predicted octanol–water partition coefficient (Wildman–Crippen LogP) is 4.06. The lowest BCUT2D eigenvalue weighted by molar-refractivity contribution is 0.0290. The first-order chi connectivity index (χ1) is 13.7. The fraction of sp³-hybridized carbons (Fsp3) is 0.375. The predicted molar refractivity (Wildman–Crippen MR) is 112 cm³/mol. The third-order valence-corrected chi connectivity index (χ3v) is 5.90. The molecular weight excluding hydrogens is 348 g/mol. The average molecular weight is 377 g/mol. The Labute approximate surface area is 166 Å². The lowest BCUT2D eigenvalue weighted by Crippen LogP contribution is -2.46. The highest BCUT2D eigenvalue weighted by Gasteiger charge is 2.35. The molecule has 2 heterocycles. The Hall–Kier alpha value is -2.43. The zero-order valence-electron chi connectivity index (χ0n) is 16.5. The van der Waals surface area contributed by atoms with E-state index in [9.17, 15) is 5.11 Å². The fourth-order valence-electron chi connectivity index (χ4n) is 4.53. The third kappa shape index (κ3) is 4.03. The Morgan fingerprint density at radius 3 is 2.86 bits per heavy atom. The van der Waals surface area contributed by atoms with Crippen molar-refractivity contribution in [2.45, 2.75) is 25.8 Å². The summed E-state index contributed by atoms with van der Waals surface area (Å²) in [5, 5.41) is 11.5. The van der Waals surface area contributed by atoms with Crippen LogP contribution in [-0.2, 0) is 13.0 Å². The highest BCUT2D eigenvalue weighted by atomic mass is 16.5. The van der Waals surface area contributed by atoms with E-state index in [0.717, 1.165) is 50.2 Å². The van der Waals surface area contributed by atoms with Crippen LogP contribution < -0.4 is 4.74 Å². The van der Waals surface area contributed by atoms with Gasteiger partial charge in [0.2, 0.25) is 0 Å². The maximum atomic E-state index is 10.3. The molecule has 0 spiro atoms. The summed E-state index contributed by atoms with van der Waals surface area (Å²) in [6.07, 6.45) is 4.88. The molecule has 146 valence electrons. The van der Waals surface area contributed by atoms with E-state index < -0.39 is 0 Å². The second kappa shape index (κ2) is 8.29. The molecule has 1 aliphatic heterocycles. The van der Waals surface area contributed by atoms with Crippen molar-refractivity contribution in [3.8, 4) is 5.75 Å². The van der Waals surface area contributed by atoms with Crippen LogP contribution in [0.2, 0.25) is 0 Å². The minimum atomic E-state index is -0.109. The lowest BCUT2D eigenvalue weighted by Gasteiger charge is -2.42. The third-order valence-electron chi connectivity index (χ3n) is 5.90. The van der Waals surface area contributed by atoms with E-state index in [2.05, 4.69) is 46.3 Å². The fourth-order valence-corrected chi connectivity index (χ4v) is 4.53. The summed E-state index contributed by atoms with van der Waals surface area (Å²) in [5.74, 6) is 0.875. The number of piperidine rings is 1. The number of nitrogens with zero attached hydrogens (tertiary/aromatic N) is 2. The molecule has 1 fully saturated rings. The normalized spacial score (nSPS) is 20.4. The van der Waals surface area contributed by atoms with Gasteiger partial charge < -0.3 is 9.84 Å². The first kappa shape index (κ1) is 18.9. The molecule has 0 saturated carbocycles. The maximum Gasteiger partial charge on any atom is 0.119 e. The van der Waals surface area contributed by atoms with E-state index in [1.165, 1.54) is 16.5 Å². The van der Waals surface area contributed by atoms with Crippen LogP contribution in [0.5, 0.6) is 5.75 Å². The number of aromatic nitrogens is 1. The van der Waals surface area contributed by atoms with Crippen molar-refractivity contribution in [1.82, 2.24) is 9.88 Å². The molecule has 0 bridgehead atoms. The minimum Gasteiger partial charge on any atom is -0.497 e. The van der Waals surface area contributed by atoms with Gasteiger partial charge in [0.1, 0.15) is 5.75 Å².